The molecule has 1 aromatic carbocycles. The van der Waals surface area contributed by atoms with E-state index in [4.69, 9.17) is 4.74 Å². The fourth-order valence-corrected chi connectivity index (χ4v) is 3.49. The van der Waals surface area contributed by atoms with Crippen molar-refractivity contribution in [3.8, 4) is 0 Å². The minimum Gasteiger partial charge on any atom is -0.376 e. The number of urea groups is 1. The molecule has 21 heavy (non-hydrogen) atoms. The predicted octanol–water partition coefficient (Wildman–Crippen LogP) is 2.93. The lowest BCUT2D eigenvalue weighted by atomic mass is 9.88. The number of hydrogen-bond acceptors (Lipinski definition) is 2. The van der Waals surface area contributed by atoms with Crippen molar-refractivity contribution in [3.05, 3.63) is 35.9 Å². The molecule has 4 nitrogen and oxygen atoms in total. The number of amides is 2. The second-order valence-corrected chi connectivity index (χ2v) is 6.13. The second kappa shape index (κ2) is 6.48. The summed E-state index contributed by atoms with van der Waals surface area (Å²) in [6.45, 7) is 1.43. The van der Waals surface area contributed by atoms with Gasteiger partial charge in [0.2, 0.25) is 0 Å². The molecule has 114 valence electrons. The summed E-state index contributed by atoms with van der Waals surface area (Å²) in [4.78, 5) is 12.3. The van der Waals surface area contributed by atoms with Crippen molar-refractivity contribution in [2.75, 3.05) is 13.2 Å². The molecule has 2 aliphatic rings. The van der Waals surface area contributed by atoms with Gasteiger partial charge >= 0.3 is 6.03 Å². The zero-order valence-corrected chi connectivity index (χ0v) is 12.4. The first-order chi connectivity index (χ1) is 10.3. The minimum absolute atomic E-state index is 0.0729. The number of benzene rings is 1. The van der Waals surface area contributed by atoms with Crippen LogP contribution in [-0.4, -0.2) is 25.3 Å². The molecule has 0 bridgehead atoms. The fraction of sp³-hybridized carbons (Fsp3) is 0.588. The molecule has 3 rings (SSSR count). The van der Waals surface area contributed by atoms with Crippen molar-refractivity contribution < 1.29 is 9.53 Å². The molecule has 2 fully saturated rings. The van der Waals surface area contributed by atoms with Crippen LogP contribution in [0.3, 0.4) is 0 Å². The monoisotopic (exact) mass is 288 g/mol. The van der Waals surface area contributed by atoms with Gasteiger partial charge in [-0.25, -0.2) is 4.79 Å². The van der Waals surface area contributed by atoms with Crippen molar-refractivity contribution in [1.82, 2.24) is 10.6 Å². The third-order valence-electron chi connectivity index (χ3n) is 4.65. The number of carbonyl (C=O) groups is 1. The van der Waals surface area contributed by atoms with Crippen molar-refractivity contribution in [3.63, 3.8) is 0 Å². The van der Waals surface area contributed by atoms with E-state index in [0.29, 0.717) is 6.54 Å². The van der Waals surface area contributed by atoms with Gasteiger partial charge in [0.15, 0.2) is 0 Å². The average molecular weight is 288 g/mol. The third-order valence-corrected chi connectivity index (χ3v) is 4.65. The zero-order valence-electron chi connectivity index (χ0n) is 12.4. The number of hydrogen-bond donors (Lipinski definition) is 2. The van der Waals surface area contributed by atoms with E-state index in [-0.39, 0.29) is 17.7 Å². The summed E-state index contributed by atoms with van der Waals surface area (Å²) in [5, 5.41) is 6.20. The molecular formula is C17H24N2O2. The summed E-state index contributed by atoms with van der Waals surface area (Å²) >= 11 is 0. The Labute approximate surface area is 126 Å². The van der Waals surface area contributed by atoms with Crippen molar-refractivity contribution in [1.29, 1.82) is 0 Å². The third kappa shape index (κ3) is 3.38. The lowest BCUT2D eigenvalue weighted by Crippen LogP contribution is -2.49. The van der Waals surface area contributed by atoms with Gasteiger partial charge < -0.3 is 15.4 Å². The van der Waals surface area contributed by atoms with Crippen LogP contribution in [-0.2, 0) is 10.3 Å². The summed E-state index contributed by atoms with van der Waals surface area (Å²) < 4.78 is 5.54. The SMILES string of the molecule is O=C(NCC1CCCO1)NC1(c2ccccc2)CCCC1. The predicted molar refractivity (Wildman–Crippen MR) is 82.1 cm³/mol. The van der Waals surface area contributed by atoms with E-state index in [1.807, 2.05) is 18.2 Å². The largest absolute Gasteiger partial charge is 0.376 e. The van der Waals surface area contributed by atoms with Crippen LogP contribution < -0.4 is 10.6 Å². The van der Waals surface area contributed by atoms with E-state index < -0.39 is 0 Å². The van der Waals surface area contributed by atoms with Crippen LogP contribution in [0.5, 0.6) is 0 Å². The standard InChI is InChI=1S/C17H24N2O2/c20-16(18-13-15-9-6-12-21-15)19-17(10-4-5-11-17)14-7-2-1-3-8-14/h1-3,7-8,15H,4-6,9-13H2,(H2,18,19,20). The van der Waals surface area contributed by atoms with Gasteiger partial charge in [0.25, 0.3) is 0 Å². The summed E-state index contributed by atoms with van der Waals surface area (Å²) in [6.07, 6.45) is 6.70. The topological polar surface area (TPSA) is 50.4 Å². The molecule has 0 spiro atoms. The van der Waals surface area contributed by atoms with E-state index in [1.54, 1.807) is 0 Å². The van der Waals surface area contributed by atoms with Gasteiger partial charge in [0.1, 0.15) is 0 Å². The summed E-state index contributed by atoms with van der Waals surface area (Å²) in [6, 6.07) is 10.3. The lowest BCUT2D eigenvalue weighted by Gasteiger charge is -2.31. The van der Waals surface area contributed by atoms with E-state index in [2.05, 4.69) is 22.8 Å². The summed E-state index contributed by atoms with van der Waals surface area (Å²) in [5.74, 6) is 0. The molecular weight excluding hydrogens is 264 g/mol. The Morgan fingerprint density at radius 3 is 2.62 bits per heavy atom. The molecule has 1 saturated carbocycles. The smallest absolute Gasteiger partial charge is 0.315 e. The second-order valence-electron chi connectivity index (χ2n) is 6.13. The molecule has 1 saturated heterocycles. The first kappa shape index (κ1) is 14.4. The Kier molecular flexibility index (Phi) is 4.44. The van der Waals surface area contributed by atoms with E-state index in [0.717, 1.165) is 32.3 Å². The molecule has 1 aromatic rings. The number of ether oxygens (including phenoxy) is 1. The highest BCUT2D eigenvalue weighted by Crippen LogP contribution is 2.38. The van der Waals surface area contributed by atoms with Gasteiger partial charge in [0.05, 0.1) is 11.6 Å². The molecule has 1 unspecified atom stereocenters. The molecule has 1 atom stereocenters. The van der Waals surface area contributed by atoms with E-state index in [9.17, 15) is 4.79 Å². The lowest BCUT2D eigenvalue weighted by molar-refractivity contribution is 0.111. The highest BCUT2D eigenvalue weighted by molar-refractivity contribution is 5.75. The maximum atomic E-state index is 12.3. The highest BCUT2D eigenvalue weighted by atomic mass is 16.5. The van der Waals surface area contributed by atoms with E-state index in [1.165, 1.54) is 18.4 Å². The van der Waals surface area contributed by atoms with Crippen LogP contribution in [0.25, 0.3) is 0 Å². The quantitative estimate of drug-likeness (QED) is 0.895. The molecule has 2 amide bonds. The Morgan fingerprint density at radius 2 is 1.95 bits per heavy atom. The van der Waals surface area contributed by atoms with Crippen molar-refractivity contribution >= 4 is 6.03 Å². The van der Waals surface area contributed by atoms with Crippen LogP contribution in [0, 0.1) is 0 Å². The number of rotatable bonds is 4. The van der Waals surface area contributed by atoms with Crippen LogP contribution in [0.4, 0.5) is 4.79 Å². The Balaban J connectivity index is 1.61. The van der Waals surface area contributed by atoms with Crippen LogP contribution >= 0.6 is 0 Å². The first-order valence-corrected chi connectivity index (χ1v) is 8.02. The molecule has 1 aliphatic heterocycles. The molecule has 4 heteroatoms. The maximum Gasteiger partial charge on any atom is 0.315 e. The fourth-order valence-electron chi connectivity index (χ4n) is 3.49. The number of carbonyl (C=O) groups excluding carboxylic acids is 1. The van der Waals surface area contributed by atoms with Gasteiger partial charge in [0, 0.05) is 13.2 Å². The van der Waals surface area contributed by atoms with E-state index >= 15 is 0 Å². The molecule has 1 heterocycles. The summed E-state index contributed by atoms with van der Waals surface area (Å²) in [7, 11) is 0. The highest BCUT2D eigenvalue weighted by Gasteiger charge is 2.36. The van der Waals surface area contributed by atoms with Crippen molar-refractivity contribution in [2.45, 2.75) is 50.2 Å². The first-order valence-electron chi connectivity index (χ1n) is 8.02. The molecule has 0 aromatic heterocycles. The van der Waals surface area contributed by atoms with Gasteiger partial charge in [-0.3, -0.25) is 0 Å². The molecule has 1 aliphatic carbocycles. The average Bonchev–Trinajstić information content (AvgIpc) is 3.18. The molecule has 0 radical (unpaired) electrons. The van der Waals surface area contributed by atoms with Gasteiger partial charge in [-0.15, -0.1) is 0 Å². The van der Waals surface area contributed by atoms with Crippen LogP contribution in [0.1, 0.15) is 44.1 Å². The van der Waals surface area contributed by atoms with Crippen LogP contribution in [0.15, 0.2) is 30.3 Å². The maximum absolute atomic E-state index is 12.3. The minimum atomic E-state index is -0.193. The Morgan fingerprint density at radius 1 is 1.19 bits per heavy atom. The van der Waals surface area contributed by atoms with Crippen molar-refractivity contribution in [2.24, 2.45) is 0 Å². The Bertz CT molecular complexity index is 463. The molecule has 2 N–H and O–H groups in total. The summed E-state index contributed by atoms with van der Waals surface area (Å²) in [5.41, 5.74) is 1.02. The zero-order chi connectivity index (χ0) is 14.5. The Hall–Kier alpha value is -1.55. The van der Waals surface area contributed by atoms with Gasteiger partial charge in [-0.05, 0) is 31.2 Å². The van der Waals surface area contributed by atoms with Gasteiger partial charge in [-0.1, -0.05) is 43.2 Å². The van der Waals surface area contributed by atoms with Gasteiger partial charge in [-0.2, -0.15) is 0 Å². The van der Waals surface area contributed by atoms with Crippen LogP contribution in [0.2, 0.25) is 0 Å². The normalized spacial score (nSPS) is 23.9. The number of nitrogens with one attached hydrogen (secondary N) is 2.